The van der Waals surface area contributed by atoms with Crippen LogP contribution in [0.25, 0.3) is 0 Å². The van der Waals surface area contributed by atoms with Crippen molar-refractivity contribution in [2.45, 2.75) is 45.9 Å². The number of hydrogen-bond donors (Lipinski definition) is 2. The summed E-state index contributed by atoms with van der Waals surface area (Å²) >= 11 is 0. The lowest BCUT2D eigenvalue weighted by atomic mass is 10.3. The summed E-state index contributed by atoms with van der Waals surface area (Å²) in [5.74, 6) is 0. The third kappa shape index (κ3) is 6.09. The molecule has 0 bridgehead atoms. The first-order chi connectivity index (χ1) is 8.76. The maximum atomic E-state index is 9.76. The third-order valence-corrected chi connectivity index (χ3v) is 2.49. The van der Waals surface area contributed by atoms with E-state index in [1.165, 1.54) is 0 Å². The van der Waals surface area contributed by atoms with Gasteiger partial charge in [0.25, 0.3) is 0 Å². The first-order valence-corrected chi connectivity index (χ1v) is 6.61. The average molecular weight is 256 g/mol. The Morgan fingerprint density at radius 2 is 2.33 bits per heavy atom. The van der Waals surface area contributed by atoms with Crippen molar-refractivity contribution in [1.82, 2.24) is 20.3 Å². The van der Waals surface area contributed by atoms with Gasteiger partial charge in [0, 0.05) is 19.3 Å². The molecule has 0 radical (unpaired) electrons. The number of rotatable bonds is 10. The van der Waals surface area contributed by atoms with Gasteiger partial charge in [-0.3, -0.25) is 0 Å². The number of aliphatic hydroxyl groups excluding tert-OH is 1. The molecule has 0 aliphatic rings. The van der Waals surface area contributed by atoms with Crippen LogP contribution in [0.4, 0.5) is 0 Å². The molecule has 2 N–H and O–H groups in total. The SMILES string of the molecule is CCCCOCC(O)Cn1cc(CNCC)nn1. The second-order valence-corrected chi connectivity index (χ2v) is 4.29. The van der Waals surface area contributed by atoms with Gasteiger partial charge >= 0.3 is 0 Å². The minimum atomic E-state index is -0.532. The van der Waals surface area contributed by atoms with Gasteiger partial charge in [-0.15, -0.1) is 5.10 Å². The van der Waals surface area contributed by atoms with E-state index in [1.807, 2.05) is 13.1 Å². The fourth-order valence-corrected chi connectivity index (χ4v) is 1.50. The van der Waals surface area contributed by atoms with Crippen LogP contribution in [0.15, 0.2) is 6.20 Å². The Labute approximate surface area is 108 Å². The van der Waals surface area contributed by atoms with Crippen molar-refractivity contribution in [3.63, 3.8) is 0 Å². The summed E-state index contributed by atoms with van der Waals surface area (Å²) in [7, 11) is 0. The van der Waals surface area contributed by atoms with E-state index in [4.69, 9.17) is 4.74 Å². The van der Waals surface area contributed by atoms with Gasteiger partial charge in [0.1, 0.15) is 0 Å². The summed E-state index contributed by atoms with van der Waals surface area (Å²) in [6, 6.07) is 0. The van der Waals surface area contributed by atoms with Gasteiger partial charge in [-0.2, -0.15) is 0 Å². The molecule has 0 saturated carbocycles. The van der Waals surface area contributed by atoms with Crippen LogP contribution in [0.2, 0.25) is 0 Å². The zero-order valence-corrected chi connectivity index (χ0v) is 11.3. The summed E-state index contributed by atoms with van der Waals surface area (Å²) < 4.78 is 7.01. The Morgan fingerprint density at radius 3 is 3.06 bits per heavy atom. The molecule has 0 saturated heterocycles. The smallest absolute Gasteiger partial charge is 0.0969 e. The first-order valence-electron chi connectivity index (χ1n) is 6.61. The average Bonchev–Trinajstić information content (AvgIpc) is 2.80. The molecule has 6 heteroatoms. The summed E-state index contributed by atoms with van der Waals surface area (Å²) in [4.78, 5) is 0. The molecule has 6 nitrogen and oxygen atoms in total. The lowest BCUT2D eigenvalue weighted by Gasteiger charge is -2.10. The summed E-state index contributed by atoms with van der Waals surface area (Å²) in [5, 5.41) is 20.9. The minimum Gasteiger partial charge on any atom is -0.389 e. The number of unbranched alkanes of at least 4 members (excludes halogenated alkanes) is 1. The first kappa shape index (κ1) is 15.1. The molecule has 1 aromatic heterocycles. The van der Waals surface area contributed by atoms with Crippen molar-refractivity contribution < 1.29 is 9.84 Å². The molecule has 0 aromatic carbocycles. The van der Waals surface area contributed by atoms with Crippen LogP contribution in [0.1, 0.15) is 32.4 Å². The lowest BCUT2D eigenvalue weighted by molar-refractivity contribution is 0.0251. The second-order valence-electron chi connectivity index (χ2n) is 4.29. The van der Waals surface area contributed by atoms with E-state index in [-0.39, 0.29) is 0 Å². The maximum absolute atomic E-state index is 9.76. The Hall–Kier alpha value is -0.980. The number of ether oxygens (including phenoxy) is 1. The van der Waals surface area contributed by atoms with Gasteiger partial charge < -0.3 is 15.2 Å². The highest BCUT2D eigenvalue weighted by Gasteiger charge is 2.07. The van der Waals surface area contributed by atoms with Crippen LogP contribution in [-0.2, 0) is 17.8 Å². The number of nitrogens with zero attached hydrogens (tertiary/aromatic N) is 3. The van der Waals surface area contributed by atoms with E-state index in [2.05, 4.69) is 22.6 Å². The van der Waals surface area contributed by atoms with Crippen molar-refractivity contribution in [1.29, 1.82) is 0 Å². The van der Waals surface area contributed by atoms with Crippen molar-refractivity contribution in [2.75, 3.05) is 19.8 Å². The summed E-state index contributed by atoms with van der Waals surface area (Å²) in [5.41, 5.74) is 0.885. The van der Waals surface area contributed by atoms with Gasteiger partial charge in [-0.25, -0.2) is 4.68 Å². The molecule has 0 aliphatic heterocycles. The molecule has 0 fully saturated rings. The van der Waals surface area contributed by atoms with Gasteiger partial charge in [0.05, 0.1) is 24.9 Å². The minimum absolute atomic E-state index is 0.350. The van der Waals surface area contributed by atoms with Gasteiger partial charge in [-0.1, -0.05) is 25.5 Å². The summed E-state index contributed by atoms with van der Waals surface area (Å²) in [6.07, 6.45) is 3.45. The van der Waals surface area contributed by atoms with E-state index < -0.39 is 6.10 Å². The zero-order valence-electron chi connectivity index (χ0n) is 11.3. The highest BCUT2D eigenvalue weighted by molar-refractivity contribution is 4.91. The molecule has 0 amide bonds. The standard InChI is InChI=1S/C12H24N4O2/c1-3-5-6-18-10-12(17)9-16-8-11(14-15-16)7-13-4-2/h8,12-13,17H,3-7,9-10H2,1-2H3. The van der Waals surface area contributed by atoms with E-state index in [1.54, 1.807) is 4.68 Å². The molecule has 1 heterocycles. The maximum Gasteiger partial charge on any atom is 0.0969 e. The van der Waals surface area contributed by atoms with Crippen LogP contribution < -0.4 is 5.32 Å². The van der Waals surface area contributed by atoms with Gasteiger partial charge in [0.2, 0.25) is 0 Å². The topological polar surface area (TPSA) is 72.2 Å². The van der Waals surface area contributed by atoms with Gasteiger partial charge in [-0.05, 0) is 13.0 Å². The summed E-state index contributed by atoms with van der Waals surface area (Å²) in [6.45, 7) is 7.24. The van der Waals surface area contributed by atoms with Gasteiger partial charge in [0.15, 0.2) is 0 Å². The van der Waals surface area contributed by atoms with Crippen LogP contribution in [0, 0.1) is 0 Å². The lowest BCUT2D eigenvalue weighted by Crippen LogP contribution is -2.22. The van der Waals surface area contributed by atoms with Crippen LogP contribution in [-0.4, -0.2) is 46.0 Å². The Kier molecular flexibility index (Phi) is 7.55. The fraction of sp³-hybridized carbons (Fsp3) is 0.833. The quantitative estimate of drug-likeness (QED) is 0.599. The normalized spacial score (nSPS) is 12.8. The molecule has 18 heavy (non-hydrogen) atoms. The van der Waals surface area contributed by atoms with E-state index in [0.29, 0.717) is 26.3 Å². The van der Waals surface area contributed by atoms with Crippen molar-refractivity contribution in [3.8, 4) is 0 Å². The molecule has 1 aromatic rings. The highest BCUT2D eigenvalue weighted by atomic mass is 16.5. The third-order valence-electron chi connectivity index (χ3n) is 2.49. The van der Waals surface area contributed by atoms with E-state index in [9.17, 15) is 5.11 Å². The van der Waals surface area contributed by atoms with E-state index >= 15 is 0 Å². The van der Waals surface area contributed by atoms with Crippen LogP contribution in [0.3, 0.4) is 0 Å². The molecule has 0 spiro atoms. The van der Waals surface area contributed by atoms with Crippen molar-refractivity contribution in [2.24, 2.45) is 0 Å². The van der Waals surface area contributed by atoms with E-state index in [0.717, 1.165) is 25.1 Å². The predicted octanol–water partition coefficient (Wildman–Crippen LogP) is 0.565. The zero-order chi connectivity index (χ0) is 13.2. The number of nitrogens with one attached hydrogen (secondary N) is 1. The molecule has 104 valence electrons. The molecule has 1 atom stereocenters. The number of aromatic nitrogens is 3. The number of aliphatic hydroxyl groups is 1. The fourth-order valence-electron chi connectivity index (χ4n) is 1.50. The number of hydrogen-bond acceptors (Lipinski definition) is 5. The highest BCUT2D eigenvalue weighted by Crippen LogP contribution is 1.97. The second kappa shape index (κ2) is 9.02. The van der Waals surface area contributed by atoms with Crippen molar-refractivity contribution in [3.05, 3.63) is 11.9 Å². The molecule has 1 unspecified atom stereocenters. The molecule has 1 rings (SSSR count). The molecular weight excluding hydrogens is 232 g/mol. The largest absolute Gasteiger partial charge is 0.389 e. The molecular formula is C12H24N4O2. The molecule has 0 aliphatic carbocycles. The van der Waals surface area contributed by atoms with Crippen LogP contribution in [0.5, 0.6) is 0 Å². The Bertz CT molecular complexity index is 317. The van der Waals surface area contributed by atoms with Crippen molar-refractivity contribution >= 4 is 0 Å². The van der Waals surface area contributed by atoms with Crippen LogP contribution >= 0.6 is 0 Å². The Balaban J connectivity index is 2.22. The monoisotopic (exact) mass is 256 g/mol. The predicted molar refractivity (Wildman–Crippen MR) is 69.1 cm³/mol. The Morgan fingerprint density at radius 1 is 1.50 bits per heavy atom.